The first kappa shape index (κ1) is 24.4. The Hall–Kier alpha value is -4.28. The summed E-state index contributed by atoms with van der Waals surface area (Å²) in [6.07, 6.45) is 9.52. The van der Waals surface area contributed by atoms with E-state index >= 15 is 0 Å². The fraction of sp³-hybridized carbons (Fsp3) is 0.200. The number of benzene rings is 3. The molecule has 4 heteroatoms. The Kier molecular flexibility index (Phi) is 9.09. The molecule has 0 N–H and O–H groups in total. The lowest BCUT2D eigenvalue weighted by molar-refractivity contribution is 0.905. The Balaban J connectivity index is 1.61. The summed E-state index contributed by atoms with van der Waals surface area (Å²) in [4.78, 5) is 4.18. The Bertz CT molecular complexity index is 1100. The molecular formula is C30H30N4. The highest BCUT2D eigenvalue weighted by Gasteiger charge is 2.01. The van der Waals surface area contributed by atoms with Crippen LogP contribution in [-0.4, -0.2) is 27.2 Å². The average Bonchev–Trinajstić information content (AvgIpc) is 2.88. The molecule has 3 aromatic carbocycles. The van der Waals surface area contributed by atoms with Gasteiger partial charge in [0.1, 0.15) is 0 Å². The maximum Gasteiger partial charge on any atom is 0.0640 e. The van der Waals surface area contributed by atoms with Gasteiger partial charge in [-0.15, -0.1) is 0 Å². The molecule has 0 unspecified atom stereocenters. The zero-order valence-electron chi connectivity index (χ0n) is 19.9. The second-order valence-corrected chi connectivity index (χ2v) is 8.18. The van der Waals surface area contributed by atoms with Gasteiger partial charge in [0.25, 0.3) is 0 Å². The van der Waals surface area contributed by atoms with Crippen LogP contribution >= 0.6 is 0 Å². The lowest BCUT2D eigenvalue weighted by atomic mass is 10.1. The second kappa shape index (κ2) is 12.7. The third-order valence-electron chi connectivity index (χ3n) is 5.63. The molecule has 0 radical (unpaired) electrons. The van der Waals surface area contributed by atoms with Crippen LogP contribution in [0.4, 0.5) is 11.4 Å². The predicted molar refractivity (Wildman–Crippen MR) is 144 cm³/mol. The molecule has 0 aromatic heterocycles. The molecule has 0 saturated carbocycles. The molecule has 3 rings (SSSR count). The summed E-state index contributed by atoms with van der Waals surface area (Å²) in [5.41, 5.74) is 6.79. The molecule has 0 saturated heterocycles. The summed E-state index contributed by atoms with van der Waals surface area (Å²) in [5, 5.41) is 17.5. The molecule has 0 aliphatic carbocycles. The van der Waals surface area contributed by atoms with Gasteiger partial charge in [0, 0.05) is 38.6 Å². The summed E-state index contributed by atoms with van der Waals surface area (Å²) in [6, 6.07) is 29.5. The molecule has 4 nitrogen and oxygen atoms in total. The van der Waals surface area contributed by atoms with Gasteiger partial charge in [-0.1, -0.05) is 66.8 Å². The summed E-state index contributed by atoms with van der Waals surface area (Å²) >= 11 is 0. The third kappa shape index (κ3) is 7.40. The van der Waals surface area contributed by atoms with Crippen molar-refractivity contribution >= 4 is 35.7 Å². The van der Waals surface area contributed by atoms with Crippen molar-refractivity contribution in [1.29, 1.82) is 10.5 Å². The van der Waals surface area contributed by atoms with Gasteiger partial charge in [-0.05, 0) is 52.6 Å². The van der Waals surface area contributed by atoms with E-state index in [1.165, 1.54) is 0 Å². The molecule has 3 aromatic rings. The van der Waals surface area contributed by atoms with Gasteiger partial charge in [-0.2, -0.15) is 10.5 Å². The van der Waals surface area contributed by atoms with Gasteiger partial charge in [0.2, 0.25) is 0 Å². The number of nitrogens with zero attached hydrogens (tertiary/aromatic N) is 4. The molecule has 0 amide bonds. The first-order valence-electron chi connectivity index (χ1n) is 11.4. The maximum absolute atomic E-state index is 8.75. The molecule has 0 spiro atoms. The third-order valence-corrected chi connectivity index (χ3v) is 5.63. The lowest BCUT2D eigenvalue weighted by Crippen LogP contribution is -2.17. The van der Waals surface area contributed by atoms with Crippen molar-refractivity contribution < 1.29 is 0 Å². The summed E-state index contributed by atoms with van der Waals surface area (Å²) in [7, 11) is 4.01. The normalized spacial score (nSPS) is 10.8. The van der Waals surface area contributed by atoms with E-state index in [0.717, 1.165) is 46.7 Å². The van der Waals surface area contributed by atoms with Crippen LogP contribution in [0.3, 0.4) is 0 Å². The number of hydrogen-bond donors (Lipinski definition) is 0. The van der Waals surface area contributed by atoms with Crippen molar-refractivity contribution in [3.8, 4) is 12.1 Å². The van der Waals surface area contributed by atoms with Crippen LogP contribution in [0.5, 0.6) is 0 Å². The number of hydrogen-bond acceptors (Lipinski definition) is 4. The second-order valence-electron chi connectivity index (χ2n) is 8.18. The fourth-order valence-corrected chi connectivity index (χ4v) is 3.52. The molecular weight excluding hydrogens is 416 g/mol. The SMILES string of the molecule is CN(CCC#N)c1ccc(/C=C/c2cccc(/C=C/c3ccc(N(C)CCC#N)cc3)c2)cc1. The Morgan fingerprint density at radius 3 is 1.35 bits per heavy atom. The molecule has 34 heavy (non-hydrogen) atoms. The smallest absolute Gasteiger partial charge is 0.0640 e. The van der Waals surface area contributed by atoms with E-state index in [2.05, 4.69) is 119 Å². The molecule has 0 aliphatic rings. The average molecular weight is 447 g/mol. The van der Waals surface area contributed by atoms with E-state index in [1.807, 2.05) is 14.1 Å². The van der Waals surface area contributed by atoms with Crippen molar-refractivity contribution in [1.82, 2.24) is 0 Å². The molecule has 170 valence electrons. The van der Waals surface area contributed by atoms with Gasteiger partial charge < -0.3 is 9.80 Å². The Morgan fingerprint density at radius 1 is 0.588 bits per heavy atom. The first-order chi connectivity index (χ1) is 16.6. The minimum atomic E-state index is 0.523. The number of nitriles is 2. The largest absolute Gasteiger partial charge is 0.374 e. The molecule has 0 bridgehead atoms. The van der Waals surface area contributed by atoms with Gasteiger partial charge in [-0.25, -0.2) is 0 Å². The van der Waals surface area contributed by atoms with E-state index in [9.17, 15) is 0 Å². The monoisotopic (exact) mass is 446 g/mol. The molecule has 0 fully saturated rings. The highest BCUT2D eigenvalue weighted by molar-refractivity contribution is 5.75. The number of anilines is 2. The van der Waals surface area contributed by atoms with Gasteiger partial charge >= 0.3 is 0 Å². The zero-order chi connectivity index (χ0) is 24.2. The summed E-state index contributed by atoms with van der Waals surface area (Å²) < 4.78 is 0. The van der Waals surface area contributed by atoms with Crippen LogP contribution in [0.15, 0.2) is 72.8 Å². The van der Waals surface area contributed by atoms with Crippen molar-refractivity contribution in [2.45, 2.75) is 12.8 Å². The van der Waals surface area contributed by atoms with Gasteiger partial charge in [0.15, 0.2) is 0 Å². The molecule has 0 heterocycles. The summed E-state index contributed by atoms with van der Waals surface area (Å²) in [5.74, 6) is 0. The van der Waals surface area contributed by atoms with E-state index in [1.54, 1.807) is 0 Å². The topological polar surface area (TPSA) is 54.1 Å². The van der Waals surface area contributed by atoms with Gasteiger partial charge in [-0.3, -0.25) is 0 Å². The van der Waals surface area contributed by atoms with Crippen LogP contribution < -0.4 is 9.80 Å². The molecule has 0 aliphatic heterocycles. The van der Waals surface area contributed by atoms with Gasteiger partial charge in [0.05, 0.1) is 25.0 Å². The van der Waals surface area contributed by atoms with Crippen molar-refractivity contribution in [2.75, 3.05) is 37.0 Å². The Morgan fingerprint density at radius 2 is 0.971 bits per heavy atom. The van der Waals surface area contributed by atoms with E-state index in [4.69, 9.17) is 10.5 Å². The quantitative estimate of drug-likeness (QED) is 0.324. The minimum Gasteiger partial charge on any atom is -0.374 e. The van der Waals surface area contributed by atoms with E-state index in [-0.39, 0.29) is 0 Å². The first-order valence-corrected chi connectivity index (χ1v) is 11.4. The standard InChI is InChI=1S/C30H30N4/c1-33(22-4-20-31)29-16-12-25(13-17-29)8-10-27-6-3-7-28(24-27)11-9-26-14-18-30(19-15-26)34(2)23-5-21-32/h3,6-19,24H,4-5,22-23H2,1-2H3/b10-8+,11-9+. The fourth-order valence-electron chi connectivity index (χ4n) is 3.52. The van der Waals surface area contributed by atoms with Crippen LogP contribution in [0.25, 0.3) is 24.3 Å². The number of rotatable bonds is 10. The minimum absolute atomic E-state index is 0.523. The van der Waals surface area contributed by atoms with Crippen LogP contribution in [0.2, 0.25) is 0 Å². The van der Waals surface area contributed by atoms with Crippen molar-refractivity contribution in [2.24, 2.45) is 0 Å². The van der Waals surface area contributed by atoms with Crippen LogP contribution in [0, 0.1) is 22.7 Å². The zero-order valence-corrected chi connectivity index (χ0v) is 19.9. The summed E-state index contributed by atoms with van der Waals surface area (Å²) in [6.45, 7) is 1.46. The van der Waals surface area contributed by atoms with E-state index in [0.29, 0.717) is 12.8 Å². The highest BCUT2D eigenvalue weighted by atomic mass is 15.1. The van der Waals surface area contributed by atoms with Crippen molar-refractivity contribution in [3.05, 3.63) is 95.1 Å². The predicted octanol–water partition coefficient (Wildman–Crippen LogP) is 6.73. The van der Waals surface area contributed by atoms with Crippen molar-refractivity contribution in [3.63, 3.8) is 0 Å². The Labute approximate surface area is 203 Å². The van der Waals surface area contributed by atoms with E-state index < -0.39 is 0 Å². The lowest BCUT2D eigenvalue weighted by Gasteiger charge is -2.17. The maximum atomic E-state index is 8.75. The molecule has 0 atom stereocenters. The van der Waals surface area contributed by atoms with Crippen LogP contribution in [-0.2, 0) is 0 Å². The van der Waals surface area contributed by atoms with Crippen LogP contribution in [0.1, 0.15) is 35.1 Å². The highest BCUT2D eigenvalue weighted by Crippen LogP contribution is 2.18.